The van der Waals surface area contributed by atoms with Crippen LogP contribution in [-0.4, -0.2) is 174 Å². The number of carbonyl (C=O) groups excluding carboxylic acids is 2. The fourth-order valence-electron chi connectivity index (χ4n) is 10.4. The zero-order valence-electron chi connectivity index (χ0n) is 49.0. The number of carbonyl (C=O) groups is 2. The van der Waals surface area contributed by atoms with Crippen LogP contribution in [0.3, 0.4) is 0 Å². The van der Waals surface area contributed by atoms with E-state index >= 15 is 0 Å². The lowest BCUT2D eigenvalue weighted by molar-refractivity contribution is -0.0909. The van der Waals surface area contributed by atoms with Crippen LogP contribution >= 0.6 is 7.60 Å². The Labute approximate surface area is 499 Å². The molecule has 23 nitrogen and oxygen atoms in total. The molecule has 26 heteroatoms. The SMILES string of the molecule is CC(C)CN(C[C@@H](O)[C@H](Cc1ccccc1)NC(=O)O[C@H]1CO[C@H]2OCC[C@H]21)S(=O)(=O)c1ccc(O)cc1.CCOP(=O)(COc1ccc(S(=O)(=O)N(CC(C)C)C[C@@H](O)[C@H](Cc2ccccc2)NC(=O)O[C@H]2CO[C@H]3OCC[C@H]32)cc1)OCC. The van der Waals surface area contributed by atoms with Crippen molar-refractivity contribution >= 4 is 39.8 Å². The first-order valence-corrected chi connectivity index (χ1v) is 33.4. The summed E-state index contributed by atoms with van der Waals surface area (Å²) in [6.07, 6.45) is -4.01. The van der Waals surface area contributed by atoms with E-state index in [2.05, 4.69) is 10.6 Å². The summed E-state index contributed by atoms with van der Waals surface area (Å²) in [5, 5.41) is 38.0. The van der Waals surface area contributed by atoms with Gasteiger partial charge >= 0.3 is 19.8 Å². The van der Waals surface area contributed by atoms with Crippen molar-refractivity contribution in [2.75, 3.05) is 72.2 Å². The third-order valence-corrected chi connectivity index (χ3v) is 20.0. The van der Waals surface area contributed by atoms with Crippen LogP contribution < -0.4 is 15.4 Å². The van der Waals surface area contributed by atoms with Crippen LogP contribution in [0.4, 0.5) is 9.59 Å². The number of hydrogen-bond donors (Lipinski definition) is 5. The van der Waals surface area contributed by atoms with Gasteiger partial charge in [-0.1, -0.05) is 88.4 Å². The second-order valence-electron chi connectivity index (χ2n) is 22.1. The van der Waals surface area contributed by atoms with Crippen LogP contribution in [0, 0.1) is 23.7 Å². The average Bonchev–Trinajstić information content (AvgIpc) is 2.63. The number of hydrogen-bond acceptors (Lipinski definition) is 19. The quantitative estimate of drug-likeness (QED) is 0.0346. The molecular weight excluding hydrogens is 1160 g/mol. The minimum atomic E-state index is -4.09. The number of phenolic OH excluding ortho intramolecular Hbond substituents is 1. The Morgan fingerprint density at radius 2 is 1.00 bits per heavy atom. The van der Waals surface area contributed by atoms with Crippen LogP contribution in [0.1, 0.15) is 65.5 Å². The number of ether oxygens (including phenoxy) is 7. The molecule has 4 aliphatic rings. The smallest absolute Gasteiger partial charge is 0.407 e. The molecule has 0 saturated carbocycles. The summed E-state index contributed by atoms with van der Waals surface area (Å²) in [5.74, 6) is 0.0561. The van der Waals surface area contributed by atoms with Crippen LogP contribution in [0.5, 0.6) is 11.5 Å². The van der Waals surface area contributed by atoms with Gasteiger partial charge in [-0.15, -0.1) is 0 Å². The van der Waals surface area contributed by atoms with Gasteiger partial charge < -0.3 is 68.2 Å². The first-order chi connectivity index (χ1) is 40.6. The summed E-state index contributed by atoms with van der Waals surface area (Å²) >= 11 is 0. The second-order valence-corrected chi connectivity index (χ2v) is 27.9. The van der Waals surface area contributed by atoms with Gasteiger partial charge in [0.25, 0.3) is 0 Å². The molecule has 0 aliphatic carbocycles. The highest BCUT2D eigenvalue weighted by Crippen LogP contribution is 2.48. The van der Waals surface area contributed by atoms with Gasteiger partial charge in [0.2, 0.25) is 20.0 Å². The summed E-state index contributed by atoms with van der Waals surface area (Å²) in [6.45, 7) is 12.6. The van der Waals surface area contributed by atoms with Gasteiger partial charge in [-0.05, 0) is 111 Å². The lowest BCUT2D eigenvalue weighted by atomic mass is 10.0. The Morgan fingerprint density at radius 3 is 1.39 bits per heavy atom. The van der Waals surface area contributed by atoms with E-state index in [1.54, 1.807) is 13.8 Å². The number of fused-ring (bicyclic) bond motifs is 2. The maximum atomic E-state index is 13.9. The first kappa shape index (κ1) is 67.3. The van der Waals surface area contributed by atoms with Crippen molar-refractivity contribution in [3.63, 3.8) is 0 Å². The molecule has 4 saturated heterocycles. The average molecular weight is 1250 g/mol. The standard InChI is InChI=1S/C32H47N2O11PS.C27H36N2O8S/c1-5-43-46(37,44-6-2)22-42-25-12-14-26(15-13-25)47(38,39)34(19-23(3)4)20-29(35)28(18-24-10-8-7-9-11-24)33-32(36)45-30-21-41-31-27(30)16-17-40-31;1-18(2)15-29(38(33,34)21-10-8-20(30)9-11-21)16-24(31)23(14-19-6-4-3-5-7-19)28-27(32)37-25-17-36-26-22(25)12-13-35-26/h7-15,23,27-31,35H,5-6,16-22H2,1-4H3,(H,33,36);3-11,18,22-26,30-31H,12-17H2,1-2H3,(H,28,32)/t27-,28-,29+,30-,31+;22-,23-,24+,25-,26+/m00/s1. The normalized spacial score (nSPS) is 21.8. The van der Waals surface area contributed by atoms with E-state index in [4.69, 9.17) is 42.2 Å². The lowest BCUT2D eigenvalue weighted by Crippen LogP contribution is -2.51. The van der Waals surface area contributed by atoms with Crippen LogP contribution in [0.2, 0.25) is 0 Å². The molecule has 4 aromatic carbocycles. The largest absolute Gasteiger partial charge is 0.508 e. The van der Waals surface area contributed by atoms with E-state index in [0.29, 0.717) is 13.2 Å². The fourth-order valence-corrected chi connectivity index (χ4v) is 14.9. The van der Waals surface area contributed by atoms with Crippen molar-refractivity contribution in [2.45, 2.75) is 126 Å². The third-order valence-electron chi connectivity index (χ3n) is 14.5. The summed E-state index contributed by atoms with van der Waals surface area (Å²) in [4.78, 5) is 26.0. The van der Waals surface area contributed by atoms with E-state index in [9.17, 15) is 46.3 Å². The Morgan fingerprint density at radius 1 is 0.600 bits per heavy atom. The molecule has 4 fully saturated rings. The van der Waals surface area contributed by atoms with Crippen LogP contribution in [0.25, 0.3) is 0 Å². The molecule has 0 aromatic heterocycles. The maximum absolute atomic E-state index is 13.9. The molecule has 0 bridgehead atoms. The van der Waals surface area contributed by atoms with Gasteiger partial charge in [0, 0.05) is 26.2 Å². The number of aliphatic hydroxyl groups is 2. The molecule has 0 radical (unpaired) electrons. The summed E-state index contributed by atoms with van der Waals surface area (Å²) < 4.78 is 119. The molecule has 2 amide bonds. The molecule has 470 valence electrons. The number of rotatable bonds is 29. The highest BCUT2D eigenvalue weighted by atomic mass is 32.2. The molecule has 4 heterocycles. The number of alkyl carbamates (subject to hydrolysis) is 2. The van der Waals surface area contributed by atoms with Gasteiger partial charge in [0.15, 0.2) is 18.9 Å². The minimum Gasteiger partial charge on any atom is -0.508 e. The first-order valence-electron chi connectivity index (χ1n) is 28.8. The van der Waals surface area contributed by atoms with Gasteiger partial charge in [-0.2, -0.15) is 8.61 Å². The van der Waals surface area contributed by atoms with Crippen molar-refractivity contribution in [2.24, 2.45) is 23.7 Å². The van der Waals surface area contributed by atoms with Gasteiger partial charge in [-0.3, -0.25) is 4.57 Å². The molecule has 5 N–H and O–H groups in total. The summed E-state index contributed by atoms with van der Waals surface area (Å²) in [5.41, 5.74) is 1.71. The number of sulfonamides is 2. The maximum Gasteiger partial charge on any atom is 0.407 e. The highest BCUT2D eigenvalue weighted by molar-refractivity contribution is 7.89. The predicted octanol–water partition coefficient (Wildman–Crippen LogP) is 6.89. The van der Waals surface area contributed by atoms with Crippen LogP contribution in [0.15, 0.2) is 119 Å². The molecule has 4 aromatic rings. The Hall–Kier alpha value is -5.25. The Kier molecular flexibility index (Phi) is 25.0. The summed E-state index contributed by atoms with van der Waals surface area (Å²) in [6, 6.07) is 27.9. The van der Waals surface area contributed by atoms with E-state index < -0.39 is 76.3 Å². The van der Waals surface area contributed by atoms with E-state index in [1.807, 2.05) is 88.4 Å². The number of nitrogens with zero attached hydrogens (tertiary/aromatic N) is 2. The fraction of sp³-hybridized carbons (Fsp3) is 0.559. The number of nitrogens with one attached hydrogen (secondary N) is 2. The number of benzene rings is 4. The molecule has 10 atom stereocenters. The van der Waals surface area contributed by atoms with Crippen molar-refractivity contribution in [3.8, 4) is 11.5 Å². The molecule has 0 spiro atoms. The Balaban J connectivity index is 0.000000249. The van der Waals surface area contributed by atoms with Crippen molar-refractivity contribution in [1.82, 2.24) is 19.2 Å². The molecule has 0 unspecified atom stereocenters. The summed E-state index contributed by atoms with van der Waals surface area (Å²) in [7, 11) is -11.5. The zero-order chi connectivity index (χ0) is 61.3. The minimum absolute atomic E-state index is 0.00435. The third kappa shape index (κ3) is 19.4. The van der Waals surface area contributed by atoms with Crippen molar-refractivity contribution in [3.05, 3.63) is 120 Å². The highest BCUT2D eigenvalue weighted by Gasteiger charge is 2.46. The zero-order valence-corrected chi connectivity index (χ0v) is 51.5. The molecule has 85 heavy (non-hydrogen) atoms. The topological polar surface area (TPSA) is 294 Å². The number of aromatic hydroxyl groups is 1. The lowest BCUT2D eigenvalue weighted by Gasteiger charge is -2.31. The van der Waals surface area contributed by atoms with Gasteiger partial charge in [0.1, 0.15) is 23.7 Å². The number of amides is 2. The monoisotopic (exact) mass is 1250 g/mol. The second kappa shape index (κ2) is 31.6. The van der Waals surface area contributed by atoms with Gasteiger partial charge in [-0.25, -0.2) is 26.4 Å². The molecule has 8 rings (SSSR count). The van der Waals surface area contributed by atoms with E-state index in [-0.39, 0.29) is 129 Å². The Bertz CT molecular complexity index is 2980. The van der Waals surface area contributed by atoms with Crippen molar-refractivity contribution < 1.29 is 88.5 Å². The number of phenols is 1. The van der Waals surface area contributed by atoms with Crippen LogP contribution in [-0.2, 0) is 74.9 Å². The van der Waals surface area contributed by atoms with E-state index in [0.717, 1.165) is 24.0 Å². The van der Waals surface area contributed by atoms with Gasteiger partial charge in [0.05, 0.1) is 85.6 Å². The molecular formula is C59H83N4O19PS2. The van der Waals surface area contributed by atoms with E-state index in [1.165, 1.54) is 57.1 Å². The predicted molar refractivity (Wildman–Crippen MR) is 312 cm³/mol. The van der Waals surface area contributed by atoms with Crippen molar-refractivity contribution in [1.29, 1.82) is 0 Å². The molecule has 4 aliphatic heterocycles. The number of aliphatic hydroxyl groups excluding tert-OH is 2.